The largest absolute Gasteiger partial charge is 0.389 e. The Morgan fingerprint density at radius 2 is 2.17 bits per heavy atom. The smallest absolute Gasteiger partial charge is 0.263 e. The summed E-state index contributed by atoms with van der Waals surface area (Å²) in [5.41, 5.74) is -0.915. The number of hydrogen-bond donors (Lipinski definition) is 2. The number of carbonyl (C=O) groups excluding carboxylic acids is 1. The first-order chi connectivity index (χ1) is 8.33. The molecular weight excluding hydrogens is 250 g/mol. The van der Waals surface area contributed by atoms with Crippen molar-refractivity contribution in [3.05, 3.63) is 21.9 Å². The maximum atomic E-state index is 12.0. The monoisotopic (exact) mass is 267 g/mol. The fourth-order valence-electron chi connectivity index (χ4n) is 1.49. The Labute approximate surface area is 111 Å². The van der Waals surface area contributed by atoms with Gasteiger partial charge in [0.05, 0.1) is 15.4 Å². The molecule has 0 aliphatic carbocycles. The van der Waals surface area contributed by atoms with Crippen LogP contribution in [0.5, 0.6) is 0 Å². The standard InChI is InChI=1S/C13H17NO3S/c1-13(2,17)9-14(3)12(16)11-7-6-10(18-11)5-4-8-15/h6-7,15,17H,8-9H2,1-3H3. The van der Waals surface area contributed by atoms with Gasteiger partial charge in [-0.05, 0) is 26.0 Å². The third kappa shape index (κ3) is 4.49. The molecule has 98 valence electrons. The first-order valence-electron chi connectivity index (χ1n) is 5.51. The molecule has 0 unspecified atom stereocenters. The Kier molecular flexibility index (Phi) is 4.91. The summed E-state index contributed by atoms with van der Waals surface area (Å²) in [6.07, 6.45) is 0. The van der Waals surface area contributed by atoms with Crippen LogP contribution in [-0.2, 0) is 0 Å². The van der Waals surface area contributed by atoms with Crippen LogP contribution < -0.4 is 0 Å². The summed E-state index contributed by atoms with van der Waals surface area (Å²) in [6, 6.07) is 3.45. The average molecular weight is 267 g/mol. The highest BCUT2D eigenvalue weighted by molar-refractivity contribution is 7.14. The van der Waals surface area contributed by atoms with Crippen LogP contribution in [-0.4, -0.2) is 46.8 Å². The zero-order valence-electron chi connectivity index (χ0n) is 10.7. The predicted molar refractivity (Wildman–Crippen MR) is 71.5 cm³/mol. The van der Waals surface area contributed by atoms with Gasteiger partial charge in [-0.3, -0.25) is 4.79 Å². The van der Waals surface area contributed by atoms with Crippen molar-refractivity contribution in [2.75, 3.05) is 20.2 Å². The average Bonchev–Trinajstić information content (AvgIpc) is 2.71. The fourth-order valence-corrected chi connectivity index (χ4v) is 2.36. The van der Waals surface area contributed by atoms with E-state index in [1.54, 1.807) is 33.0 Å². The predicted octanol–water partition coefficient (Wildman–Crippen LogP) is 0.935. The topological polar surface area (TPSA) is 60.8 Å². The molecule has 0 aromatic carbocycles. The molecule has 0 radical (unpaired) electrons. The third-order valence-corrected chi connectivity index (χ3v) is 3.07. The molecule has 4 nitrogen and oxygen atoms in total. The Hall–Kier alpha value is -1.35. The number of rotatable bonds is 3. The number of thiophene rings is 1. The Morgan fingerprint density at radius 1 is 1.50 bits per heavy atom. The number of amides is 1. The molecule has 1 rings (SSSR count). The number of hydrogen-bond acceptors (Lipinski definition) is 4. The summed E-state index contributed by atoms with van der Waals surface area (Å²) in [7, 11) is 1.65. The van der Waals surface area contributed by atoms with Gasteiger partial charge in [-0.1, -0.05) is 11.8 Å². The van der Waals surface area contributed by atoms with Gasteiger partial charge in [0.15, 0.2) is 0 Å². The van der Waals surface area contributed by atoms with Crippen molar-refractivity contribution in [1.29, 1.82) is 0 Å². The van der Waals surface area contributed by atoms with Crippen LogP contribution in [0.4, 0.5) is 0 Å². The molecule has 0 bridgehead atoms. The molecule has 1 amide bonds. The minimum absolute atomic E-state index is 0.140. The van der Waals surface area contributed by atoms with Crippen LogP contribution in [0.25, 0.3) is 0 Å². The number of aliphatic hydroxyl groups excluding tert-OH is 1. The van der Waals surface area contributed by atoms with Crippen molar-refractivity contribution in [3.8, 4) is 11.8 Å². The van der Waals surface area contributed by atoms with Crippen molar-refractivity contribution in [2.45, 2.75) is 19.4 Å². The van der Waals surface area contributed by atoms with Gasteiger partial charge in [0.25, 0.3) is 5.91 Å². The molecule has 0 spiro atoms. The van der Waals surface area contributed by atoms with Gasteiger partial charge in [0, 0.05) is 13.6 Å². The van der Waals surface area contributed by atoms with E-state index in [-0.39, 0.29) is 19.1 Å². The first-order valence-corrected chi connectivity index (χ1v) is 6.32. The first kappa shape index (κ1) is 14.7. The van der Waals surface area contributed by atoms with E-state index in [0.29, 0.717) is 4.88 Å². The van der Waals surface area contributed by atoms with E-state index in [1.165, 1.54) is 16.2 Å². The summed E-state index contributed by atoms with van der Waals surface area (Å²) in [4.78, 5) is 14.8. The number of nitrogens with zero attached hydrogens (tertiary/aromatic N) is 1. The summed E-state index contributed by atoms with van der Waals surface area (Å²) >= 11 is 1.28. The molecule has 0 saturated heterocycles. The Balaban J connectivity index is 2.75. The summed E-state index contributed by atoms with van der Waals surface area (Å²) < 4.78 is 0. The quantitative estimate of drug-likeness (QED) is 0.801. The van der Waals surface area contributed by atoms with Gasteiger partial charge in [-0.15, -0.1) is 11.3 Å². The number of carbonyl (C=O) groups is 1. The van der Waals surface area contributed by atoms with Crippen LogP contribution >= 0.6 is 11.3 Å². The number of likely N-dealkylation sites (N-methyl/N-ethyl adjacent to an activating group) is 1. The highest BCUT2D eigenvalue weighted by atomic mass is 32.1. The van der Waals surface area contributed by atoms with Gasteiger partial charge in [0.2, 0.25) is 0 Å². The molecule has 0 fully saturated rings. The van der Waals surface area contributed by atoms with Crippen molar-refractivity contribution < 1.29 is 15.0 Å². The van der Waals surface area contributed by atoms with Gasteiger partial charge in [-0.2, -0.15) is 0 Å². The second-order valence-electron chi connectivity index (χ2n) is 4.60. The minimum atomic E-state index is -0.915. The molecule has 0 atom stereocenters. The SMILES string of the molecule is CN(CC(C)(C)O)C(=O)c1ccc(C#CCO)s1. The van der Waals surface area contributed by atoms with Crippen molar-refractivity contribution in [2.24, 2.45) is 0 Å². The minimum Gasteiger partial charge on any atom is -0.389 e. The van der Waals surface area contributed by atoms with E-state index in [0.717, 1.165) is 4.88 Å². The van der Waals surface area contributed by atoms with Gasteiger partial charge in [-0.25, -0.2) is 0 Å². The molecule has 1 aromatic rings. The van der Waals surface area contributed by atoms with Crippen molar-refractivity contribution in [3.63, 3.8) is 0 Å². The Bertz CT molecular complexity index is 476. The lowest BCUT2D eigenvalue weighted by Crippen LogP contribution is -2.39. The fraction of sp³-hybridized carbons (Fsp3) is 0.462. The normalized spacial score (nSPS) is 10.7. The van der Waals surface area contributed by atoms with E-state index in [2.05, 4.69) is 11.8 Å². The highest BCUT2D eigenvalue weighted by Gasteiger charge is 2.21. The van der Waals surface area contributed by atoms with Crippen LogP contribution in [0.3, 0.4) is 0 Å². The molecule has 0 saturated carbocycles. The summed E-state index contributed by atoms with van der Waals surface area (Å²) in [6.45, 7) is 3.38. The second kappa shape index (κ2) is 6.01. The van der Waals surface area contributed by atoms with E-state index in [1.807, 2.05) is 0 Å². The van der Waals surface area contributed by atoms with Crippen LogP contribution in [0, 0.1) is 11.8 Å². The van der Waals surface area contributed by atoms with Gasteiger partial charge >= 0.3 is 0 Å². The van der Waals surface area contributed by atoms with Gasteiger partial charge < -0.3 is 15.1 Å². The van der Waals surface area contributed by atoms with Crippen LogP contribution in [0.15, 0.2) is 12.1 Å². The lowest BCUT2D eigenvalue weighted by molar-refractivity contribution is 0.0370. The molecule has 1 aromatic heterocycles. The highest BCUT2D eigenvalue weighted by Crippen LogP contribution is 2.18. The van der Waals surface area contributed by atoms with Gasteiger partial charge in [0.1, 0.15) is 6.61 Å². The molecule has 5 heteroatoms. The molecule has 1 heterocycles. The van der Waals surface area contributed by atoms with Crippen molar-refractivity contribution in [1.82, 2.24) is 4.90 Å². The van der Waals surface area contributed by atoms with E-state index < -0.39 is 5.60 Å². The maximum Gasteiger partial charge on any atom is 0.263 e. The maximum absolute atomic E-state index is 12.0. The zero-order chi connectivity index (χ0) is 13.8. The van der Waals surface area contributed by atoms with Crippen LogP contribution in [0.2, 0.25) is 0 Å². The third-order valence-electron chi connectivity index (χ3n) is 2.08. The zero-order valence-corrected chi connectivity index (χ0v) is 11.5. The summed E-state index contributed by atoms with van der Waals surface area (Å²) in [5, 5.41) is 18.3. The van der Waals surface area contributed by atoms with Crippen molar-refractivity contribution >= 4 is 17.2 Å². The molecule has 0 aliphatic heterocycles. The molecule has 18 heavy (non-hydrogen) atoms. The molecule has 0 aliphatic rings. The molecule has 2 N–H and O–H groups in total. The molecular formula is C13H17NO3S. The summed E-state index contributed by atoms with van der Waals surface area (Å²) in [5.74, 6) is 5.15. The van der Waals surface area contributed by atoms with E-state index >= 15 is 0 Å². The lowest BCUT2D eigenvalue weighted by Gasteiger charge is -2.25. The number of aliphatic hydroxyl groups is 2. The van der Waals surface area contributed by atoms with E-state index in [9.17, 15) is 9.90 Å². The van der Waals surface area contributed by atoms with Crippen LogP contribution in [0.1, 0.15) is 28.4 Å². The van der Waals surface area contributed by atoms with E-state index in [4.69, 9.17) is 5.11 Å². The Morgan fingerprint density at radius 3 is 2.72 bits per heavy atom. The second-order valence-corrected chi connectivity index (χ2v) is 5.68. The lowest BCUT2D eigenvalue weighted by atomic mass is 10.1.